The number of nitrogens with one attached hydrogen (secondary N) is 3. The maximum atomic E-state index is 12.5. The van der Waals surface area contributed by atoms with Crippen molar-refractivity contribution in [1.29, 1.82) is 0 Å². The number of carboxylic acid groups (broad SMARTS) is 1. The van der Waals surface area contributed by atoms with E-state index in [1.54, 1.807) is 20.8 Å². The number of hydrogen-bond donors (Lipinski definition) is 4. The molecule has 3 rings (SSSR count). The first kappa shape index (κ1) is 33.1. The molecule has 0 saturated heterocycles. The van der Waals surface area contributed by atoms with E-state index in [0.29, 0.717) is 12.8 Å². The number of aliphatic carboxylic acids is 1. The fraction of sp³-hybridized carbons (Fsp3) is 0.469. The second kappa shape index (κ2) is 15.2. The molecule has 0 heterocycles. The van der Waals surface area contributed by atoms with Gasteiger partial charge in [-0.05, 0) is 68.7 Å². The number of unbranched alkanes of at least 4 members (excludes halogenated alkanes) is 1. The molecule has 0 aromatic heterocycles. The number of carbonyl (C=O) groups is 5. The van der Waals surface area contributed by atoms with E-state index in [2.05, 4.69) is 16.0 Å². The average Bonchev–Trinajstić information content (AvgIpc) is 3.25. The molecule has 1 aliphatic carbocycles. The number of rotatable bonds is 14. The van der Waals surface area contributed by atoms with Crippen LogP contribution in [0.15, 0.2) is 48.5 Å². The third kappa shape index (κ3) is 10.1. The molecule has 11 nitrogen and oxygen atoms in total. The highest BCUT2D eigenvalue weighted by Gasteiger charge is 2.30. The number of hydrogen-bond acceptors (Lipinski definition) is 7. The predicted molar refractivity (Wildman–Crippen MR) is 159 cm³/mol. The molecule has 0 fully saturated rings. The molecular formula is C32H41N3O8. The number of esters is 1. The lowest BCUT2D eigenvalue weighted by atomic mass is 9.98. The number of carbonyl (C=O) groups excluding carboxylic acids is 4. The third-order valence-corrected chi connectivity index (χ3v) is 6.90. The van der Waals surface area contributed by atoms with Gasteiger partial charge in [0.05, 0.1) is 0 Å². The minimum absolute atomic E-state index is 0.00865. The molecule has 1 aliphatic rings. The summed E-state index contributed by atoms with van der Waals surface area (Å²) in [6.07, 6.45) is 0.313. The topological polar surface area (TPSA) is 160 Å². The van der Waals surface area contributed by atoms with Crippen LogP contribution in [-0.2, 0) is 28.7 Å². The lowest BCUT2D eigenvalue weighted by Gasteiger charge is -2.24. The van der Waals surface area contributed by atoms with Crippen LogP contribution < -0.4 is 16.0 Å². The quantitative estimate of drug-likeness (QED) is 0.189. The standard InChI is InChI=1S/C32H41N3O8/c1-20(36)34-27(30(40)43-32(2,3)4)16-17-28(37)33-18-10-9-15-26(29(38)39)35-31(41)42-19-25-23-13-7-5-11-21(23)22-12-6-8-14-24(22)25/h5-8,11-14,25-27H,9-10,15-19H2,1-4H3,(H,33,37)(H,34,36)(H,35,41)(H,38,39)/t26-,27+/m1/s1. The van der Waals surface area contributed by atoms with E-state index in [1.807, 2.05) is 48.5 Å². The largest absolute Gasteiger partial charge is 0.480 e. The van der Waals surface area contributed by atoms with Gasteiger partial charge in [0.15, 0.2) is 0 Å². The Hall–Kier alpha value is -4.41. The predicted octanol–water partition coefficient (Wildman–Crippen LogP) is 3.89. The summed E-state index contributed by atoms with van der Waals surface area (Å²) in [5.41, 5.74) is 3.58. The molecular weight excluding hydrogens is 554 g/mol. The van der Waals surface area contributed by atoms with Gasteiger partial charge in [-0.25, -0.2) is 14.4 Å². The third-order valence-electron chi connectivity index (χ3n) is 6.90. The minimum Gasteiger partial charge on any atom is -0.480 e. The Morgan fingerprint density at radius 2 is 1.47 bits per heavy atom. The first-order chi connectivity index (χ1) is 20.4. The summed E-state index contributed by atoms with van der Waals surface area (Å²) in [5.74, 6) is -2.65. The highest BCUT2D eigenvalue weighted by atomic mass is 16.6. The lowest BCUT2D eigenvalue weighted by molar-refractivity contribution is -0.158. The monoisotopic (exact) mass is 595 g/mol. The van der Waals surface area contributed by atoms with E-state index in [-0.39, 0.29) is 44.2 Å². The molecule has 11 heteroatoms. The van der Waals surface area contributed by atoms with Crippen LogP contribution in [0, 0.1) is 0 Å². The van der Waals surface area contributed by atoms with Gasteiger partial charge in [-0.3, -0.25) is 9.59 Å². The van der Waals surface area contributed by atoms with Gasteiger partial charge in [0, 0.05) is 25.8 Å². The van der Waals surface area contributed by atoms with Gasteiger partial charge in [0.25, 0.3) is 0 Å². The molecule has 0 spiro atoms. The smallest absolute Gasteiger partial charge is 0.407 e. The van der Waals surface area contributed by atoms with Gasteiger partial charge in [-0.1, -0.05) is 48.5 Å². The molecule has 0 unspecified atom stereocenters. The van der Waals surface area contributed by atoms with Crippen molar-refractivity contribution in [3.05, 3.63) is 59.7 Å². The number of fused-ring (bicyclic) bond motifs is 3. The number of alkyl carbamates (subject to hydrolysis) is 1. The molecule has 2 atom stereocenters. The van der Waals surface area contributed by atoms with Crippen molar-refractivity contribution >= 4 is 29.8 Å². The summed E-state index contributed by atoms with van der Waals surface area (Å²) in [7, 11) is 0. The van der Waals surface area contributed by atoms with Crippen molar-refractivity contribution < 1.29 is 38.6 Å². The number of amides is 3. The minimum atomic E-state index is -1.18. The van der Waals surface area contributed by atoms with Crippen molar-refractivity contribution in [2.75, 3.05) is 13.2 Å². The van der Waals surface area contributed by atoms with Crippen molar-refractivity contribution in [3.63, 3.8) is 0 Å². The van der Waals surface area contributed by atoms with Crippen molar-refractivity contribution in [1.82, 2.24) is 16.0 Å². The zero-order valence-electron chi connectivity index (χ0n) is 25.1. The van der Waals surface area contributed by atoms with Crippen LogP contribution in [0.4, 0.5) is 4.79 Å². The summed E-state index contributed by atoms with van der Waals surface area (Å²) in [6.45, 7) is 6.78. The molecule has 0 radical (unpaired) electrons. The van der Waals surface area contributed by atoms with Crippen LogP contribution in [-0.4, -0.2) is 65.8 Å². The molecule has 4 N–H and O–H groups in total. The van der Waals surface area contributed by atoms with Crippen molar-refractivity contribution in [2.45, 2.75) is 83.4 Å². The molecule has 2 aromatic rings. The van der Waals surface area contributed by atoms with E-state index < -0.39 is 41.6 Å². The Morgan fingerprint density at radius 3 is 2.02 bits per heavy atom. The van der Waals surface area contributed by atoms with E-state index in [9.17, 15) is 29.1 Å². The fourth-order valence-electron chi connectivity index (χ4n) is 4.97. The molecule has 0 aliphatic heterocycles. The van der Waals surface area contributed by atoms with E-state index in [0.717, 1.165) is 22.3 Å². The molecule has 2 aromatic carbocycles. The second-order valence-electron chi connectivity index (χ2n) is 11.5. The van der Waals surface area contributed by atoms with Gasteiger partial charge >= 0.3 is 18.0 Å². The highest BCUT2D eigenvalue weighted by molar-refractivity contribution is 5.84. The average molecular weight is 596 g/mol. The zero-order chi connectivity index (χ0) is 31.6. The van der Waals surface area contributed by atoms with Gasteiger partial charge in [-0.15, -0.1) is 0 Å². The summed E-state index contributed by atoms with van der Waals surface area (Å²) < 4.78 is 10.8. The molecule has 232 valence electrons. The fourth-order valence-corrected chi connectivity index (χ4v) is 4.97. The van der Waals surface area contributed by atoms with E-state index in [1.165, 1.54) is 6.92 Å². The van der Waals surface area contributed by atoms with Crippen molar-refractivity contribution in [3.8, 4) is 11.1 Å². The first-order valence-electron chi connectivity index (χ1n) is 14.5. The van der Waals surface area contributed by atoms with Gasteiger partial charge in [0.2, 0.25) is 11.8 Å². The number of benzene rings is 2. The van der Waals surface area contributed by atoms with Crippen LogP contribution in [0.5, 0.6) is 0 Å². The van der Waals surface area contributed by atoms with Crippen LogP contribution in [0.3, 0.4) is 0 Å². The summed E-state index contributed by atoms with van der Waals surface area (Å²) in [5, 5.41) is 17.3. The van der Waals surface area contributed by atoms with Gasteiger partial charge in [-0.2, -0.15) is 0 Å². The Bertz CT molecular complexity index is 1270. The second-order valence-corrected chi connectivity index (χ2v) is 11.5. The van der Waals surface area contributed by atoms with E-state index >= 15 is 0 Å². The number of carboxylic acids is 1. The van der Waals surface area contributed by atoms with Gasteiger partial charge < -0.3 is 30.5 Å². The Balaban J connectivity index is 1.39. The first-order valence-corrected chi connectivity index (χ1v) is 14.5. The molecule has 43 heavy (non-hydrogen) atoms. The van der Waals surface area contributed by atoms with Crippen LogP contribution in [0.2, 0.25) is 0 Å². The summed E-state index contributed by atoms with van der Waals surface area (Å²) in [6, 6.07) is 13.8. The van der Waals surface area contributed by atoms with Crippen molar-refractivity contribution in [2.24, 2.45) is 0 Å². The van der Waals surface area contributed by atoms with Crippen LogP contribution in [0.1, 0.15) is 76.8 Å². The maximum Gasteiger partial charge on any atom is 0.407 e. The SMILES string of the molecule is CC(=O)N[C@@H](CCC(=O)NCCCC[C@@H](NC(=O)OCC1c2ccccc2-c2ccccc21)C(=O)O)C(=O)OC(C)(C)C. The van der Waals surface area contributed by atoms with E-state index in [4.69, 9.17) is 9.47 Å². The highest BCUT2D eigenvalue weighted by Crippen LogP contribution is 2.44. The molecule has 0 bridgehead atoms. The lowest BCUT2D eigenvalue weighted by Crippen LogP contribution is -2.44. The maximum absolute atomic E-state index is 12.5. The summed E-state index contributed by atoms with van der Waals surface area (Å²) in [4.78, 5) is 60.4. The normalized spacial score (nSPS) is 13.6. The van der Waals surface area contributed by atoms with Crippen LogP contribution >= 0.6 is 0 Å². The Labute approximate surface area is 251 Å². The Kier molecular flexibility index (Phi) is 11.7. The van der Waals surface area contributed by atoms with Crippen LogP contribution in [0.25, 0.3) is 11.1 Å². The summed E-state index contributed by atoms with van der Waals surface area (Å²) >= 11 is 0. The number of ether oxygens (including phenoxy) is 2. The Morgan fingerprint density at radius 1 is 0.860 bits per heavy atom. The zero-order valence-corrected chi connectivity index (χ0v) is 25.1. The van der Waals surface area contributed by atoms with Gasteiger partial charge in [0.1, 0.15) is 24.3 Å². The molecule has 0 saturated carbocycles. The molecule has 3 amide bonds.